The third-order valence-corrected chi connectivity index (χ3v) is 2.75. The second-order valence-electron chi connectivity index (χ2n) is 3.70. The molecule has 0 aliphatic heterocycles. The van der Waals surface area contributed by atoms with Crippen molar-refractivity contribution < 1.29 is 4.74 Å². The summed E-state index contributed by atoms with van der Waals surface area (Å²) >= 11 is 0. The number of ether oxygens (including phenoxy) is 1. The van der Waals surface area contributed by atoms with E-state index in [2.05, 4.69) is 15.4 Å². The van der Waals surface area contributed by atoms with Gasteiger partial charge < -0.3 is 10.1 Å². The van der Waals surface area contributed by atoms with Crippen molar-refractivity contribution >= 4 is 0 Å². The molecule has 0 aliphatic carbocycles. The number of methoxy groups -OCH3 is 1. The number of nitrogens with one attached hydrogen (secondary N) is 1. The molecule has 2 aromatic rings. The zero-order valence-corrected chi connectivity index (χ0v) is 10.2. The maximum atomic E-state index is 5.29. The Morgan fingerprint density at radius 2 is 2.18 bits per heavy atom. The number of aromatic nitrogens is 3. The zero-order chi connectivity index (χ0) is 12.3. The van der Waals surface area contributed by atoms with Crippen LogP contribution < -0.4 is 10.1 Å². The Kier molecular flexibility index (Phi) is 3.39. The van der Waals surface area contributed by atoms with Crippen molar-refractivity contribution in [3.8, 4) is 5.88 Å². The molecular formula is C12H16N4O. The highest BCUT2D eigenvalue weighted by Gasteiger charge is 2.19. The van der Waals surface area contributed by atoms with Gasteiger partial charge in [-0.1, -0.05) is 6.07 Å². The first-order valence-corrected chi connectivity index (χ1v) is 5.42. The molecule has 2 heterocycles. The third-order valence-electron chi connectivity index (χ3n) is 2.75. The number of rotatable bonds is 4. The minimum Gasteiger partial charge on any atom is -0.481 e. The van der Waals surface area contributed by atoms with Gasteiger partial charge in [-0.3, -0.25) is 4.68 Å². The van der Waals surface area contributed by atoms with Gasteiger partial charge >= 0.3 is 0 Å². The summed E-state index contributed by atoms with van der Waals surface area (Å²) in [5, 5.41) is 7.44. The second kappa shape index (κ2) is 4.97. The summed E-state index contributed by atoms with van der Waals surface area (Å²) in [5.74, 6) is 0.632. The van der Waals surface area contributed by atoms with E-state index in [1.165, 1.54) is 0 Å². The normalized spacial score (nSPS) is 12.4. The summed E-state index contributed by atoms with van der Waals surface area (Å²) in [6.45, 7) is 0. The summed E-state index contributed by atoms with van der Waals surface area (Å²) in [5.41, 5.74) is 2.07. The Bertz CT molecular complexity index is 495. The lowest BCUT2D eigenvalue weighted by Crippen LogP contribution is -2.21. The van der Waals surface area contributed by atoms with Crippen LogP contribution in [0.4, 0.5) is 0 Å². The second-order valence-corrected chi connectivity index (χ2v) is 3.70. The monoisotopic (exact) mass is 232 g/mol. The van der Waals surface area contributed by atoms with Gasteiger partial charge in [-0.05, 0) is 19.2 Å². The molecule has 2 rings (SSSR count). The summed E-state index contributed by atoms with van der Waals surface area (Å²) in [6.07, 6.45) is 3.50. The van der Waals surface area contributed by atoms with E-state index in [0.717, 1.165) is 11.3 Å². The lowest BCUT2D eigenvalue weighted by molar-refractivity contribution is 0.387. The molecule has 1 unspecified atom stereocenters. The van der Waals surface area contributed by atoms with Crippen molar-refractivity contribution in [3.63, 3.8) is 0 Å². The maximum absolute atomic E-state index is 5.29. The zero-order valence-electron chi connectivity index (χ0n) is 10.2. The van der Waals surface area contributed by atoms with Gasteiger partial charge in [0.2, 0.25) is 5.88 Å². The van der Waals surface area contributed by atoms with E-state index in [1.54, 1.807) is 19.5 Å². The van der Waals surface area contributed by atoms with Gasteiger partial charge in [0, 0.05) is 25.0 Å². The van der Waals surface area contributed by atoms with E-state index in [0.29, 0.717) is 5.88 Å². The molecule has 0 radical (unpaired) electrons. The summed E-state index contributed by atoms with van der Waals surface area (Å²) in [7, 11) is 5.45. The smallest absolute Gasteiger partial charge is 0.218 e. The minimum atomic E-state index is 0.0196. The van der Waals surface area contributed by atoms with E-state index < -0.39 is 0 Å². The molecule has 5 heteroatoms. The first-order chi connectivity index (χ1) is 8.27. The van der Waals surface area contributed by atoms with Gasteiger partial charge in [-0.25, -0.2) is 4.98 Å². The van der Waals surface area contributed by atoms with Gasteiger partial charge in [0.05, 0.1) is 18.8 Å². The summed E-state index contributed by atoms with van der Waals surface area (Å²) in [6, 6.07) is 5.90. The van der Waals surface area contributed by atoms with Gasteiger partial charge in [0.25, 0.3) is 0 Å². The van der Waals surface area contributed by atoms with E-state index in [9.17, 15) is 0 Å². The standard InChI is InChI=1S/C12H16N4O/c1-13-11(10-6-8-15-16(10)2)9-5-4-7-14-12(9)17-3/h4-8,11,13H,1-3H3. The molecule has 0 aliphatic rings. The van der Waals surface area contributed by atoms with Gasteiger partial charge in [0.15, 0.2) is 0 Å². The van der Waals surface area contributed by atoms with Crippen LogP contribution in [0.2, 0.25) is 0 Å². The fourth-order valence-electron chi connectivity index (χ4n) is 1.92. The van der Waals surface area contributed by atoms with Crippen molar-refractivity contribution in [2.45, 2.75) is 6.04 Å². The Labute approximate surface area is 100 Å². The van der Waals surface area contributed by atoms with Crippen LogP contribution >= 0.6 is 0 Å². The van der Waals surface area contributed by atoms with Gasteiger partial charge in [-0.15, -0.1) is 0 Å². The average Bonchev–Trinajstić information content (AvgIpc) is 2.78. The van der Waals surface area contributed by atoms with E-state index in [-0.39, 0.29) is 6.04 Å². The van der Waals surface area contributed by atoms with Crippen molar-refractivity contribution in [1.29, 1.82) is 0 Å². The van der Waals surface area contributed by atoms with Crippen LogP contribution in [0, 0.1) is 0 Å². The first kappa shape index (κ1) is 11.6. The van der Waals surface area contributed by atoms with Crippen LogP contribution in [0.1, 0.15) is 17.3 Å². The SMILES string of the molecule is CNC(c1cccnc1OC)c1ccnn1C. The largest absolute Gasteiger partial charge is 0.481 e. The van der Waals surface area contributed by atoms with Crippen LogP contribution in [0.5, 0.6) is 5.88 Å². The highest BCUT2D eigenvalue weighted by Crippen LogP contribution is 2.27. The number of aryl methyl sites for hydroxylation is 1. The predicted octanol–water partition coefficient (Wildman–Crippen LogP) is 1.13. The molecule has 1 atom stereocenters. The Balaban J connectivity index is 2.46. The van der Waals surface area contributed by atoms with Crippen LogP contribution in [-0.4, -0.2) is 28.9 Å². The predicted molar refractivity (Wildman–Crippen MR) is 64.9 cm³/mol. The highest BCUT2D eigenvalue weighted by atomic mass is 16.5. The molecule has 0 fully saturated rings. The quantitative estimate of drug-likeness (QED) is 0.858. The first-order valence-electron chi connectivity index (χ1n) is 5.42. The van der Waals surface area contributed by atoms with Crippen LogP contribution in [0.3, 0.4) is 0 Å². The fourth-order valence-corrected chi connectivity index (χ4v) is 1.92. The Morgan fingerprint density at radius 1 is 1.35 bits per heavy atom. The lowest BCUT2D eigenvalue weighted by atomic mass is 10.1. The number of nitrogens with zero attached hydrogens (tertiary/aromatic N) is 3. The van der Waals surface area contributed by atoms with Crippen molar-refractivity contribution in [1.82, 2.24) is 20.1 Å². The van der Waals surface area contributed by atoms with Gasteiger partial charge in [-0.2, -0.15) is 5.10 Å². The molecule has 90 valence electrons. The number of hydrogen-bond acceptors (Lipinski definition) is 4. The maximum Gasteiger partial charge on any atom is 0.218 e. The molecular weight excluding hydrogens is 216 g/mol. The molecule has 0 saturated carbocycles. The Morgan fingerprint density at radius 3 is 2.76 bits per heavy atom. The van der Waals surface area contributed by atoms with Crippen molar-refractivity contribution in [3.05, 3.63) is 41.9 Å². The van der Waals surface area contributed by atoms with E-state index in [4.69, 9.17) is 4.74 Å². The molecule has 0 bridgehead atoms. The topological polar surface area (TPSA) is 52.0 Å². The van der Waals surface area contributed by atoms with Crippen molar-refractivity contribution in [2.24, 2.45) is 7.05 Å². The number of hydrogen-bond donors (Lipinski definition) is 1. The molecule has 0 saturated heterocycles. The molecule has 0 spiro atoms. The van der Waals surface area contributed by atoms with E-state index >= 15 is 0 Å². The molecule has 0 amide bonds. The van der Waals surface area contributed by atoms with Crippen LogP contribution in [0.25, 0.3) is 0 Å². The van der Waals surface area contributed by atoms with E-state index in [1.807, 2.05) is 37.0 Å². The van der Waals surface area contributed by atoms with Gasteiger partial charge in [0.1, 0.15) is 0 Å². The summed E-state index contributed by atoms with van der Waals surface area (Å²) < 4.78 is 7.13. The molecule has 2 aromatic heterocycles. The third kappa shape index (κ3) is 2.14. The van der Waals surface area contributed by atoms with Crippen molar-refractivity contribution in [2.75, 3.05) is 14.2 Å². The average molecular weight is 232 g/mol. The molecule has 1 N–H and O–H groups in total. The summed E-state index contributed by atoms with van der Waals surface area (Å²) in [4.78, 5) is 4.21. The van der Waals surface area contributed by atoms with Crippen LogP contribution in [0.15, 0.2) is 30.6 Å². The lowest BCUT2D eigenvalue weighted by Gasteiger charge is -2.18. The minimum absolute atomic E-state index is 0.0196. The number of pyridine rings is 1. The Hall–Kier alpha value is -1.88. The molecule has 17 heavy (non-hydrogen) atoms. The highest BCUT2D eigenvalue weighted by molar-refractivity contribution is 5.34. The molecule has 5 nitrogen and oxygen atoms in total. The van der Waals surface area contributed by atoms with Crippen LogP contribution in [-0.2, 0) is 7.05 Å². The molecule has 0 aromatic carbocycles. The fraction of sp³-hybridized carbons (Fsp3) is 0.333.